The molecule has 1 heterocycles. The highest BCUT2D eigenvalue weighted by molar-refractivity contribution is 7.92. The van der Waals surface area contributed by atoms with Gasteiger partial charge in [0.2, 0.25) is 0 Å². The molecule has 39 heavy (non-hydrogen) atoms. The van der Waals surface area contributed by atoms with Gasteiger partial charge >= 0.3 is 12.1 Å². The zero-order chi connectivity index (χ0) is 29.0. The zero-order valence-electron chi connectivity index (χ0n) is 20.9. The van der Waals surface area contributed by atoms with Gasteiger partial charge in [-0.15, -0.1) is 0 Å². The summed E-state index contributed by atoms with van der Waals surface area (Å²) in [7, 11) is -4.00. The number of rotatable bonds is 6. The van der Waals surface area contributed by atoms with Gasteiger partial charge in [-0.2, -0.15) is 13.2 Å². The summed E-state index contributed by atoms with van der Waals surface area (Å²) in [6, 6.07) is 9.53. The molecule has 0 atom stereocenters. The maximum absolute atomic E-state index is 14.2. The third kappa shape index (κ3) is 8.29. The number of nitrogens with zero attached hydrogens (tertiary/aromatic N) is 1. The zero-order valence-corrected chi connectivity index (χ0v) is 23.3. The van der Waals surface area contributed by atoms with Gasteiger partial charge in [-0.25, -0.2) is 22.6 Å². The number of aromatic nitrogens is 1. The number of thiazole rings is 1. The molecule has 7 nitrogen and oxygen atoms in total. The van der Waals surface area contributed by atoms with Gasteiger partial charge in [-0.3, -0.25) is 4.72 Å². The van der Waals surface area contributed by atoms with Crippen molar-refractivity contribution >= 4 is 49.7 Å². The highest BCUT2D eigenvalue weighted by Gasteiger charge is 2.38. The van der Waals surface area contributed by atoms with E-state index in [1.165, 1.54) is 42.7 Å². The number of carboxylic acid groups (broad SMARTS) is 1. The molecule has 0 spiro atoms. The van der Waals surface area contributed by atoms with Crippen molar-refractivity contribution in [3.05, 3.63) is 58.5 Å². The van der Waals surface area contributed by atoms with Crippen LogP contribution in [-0.2, 0) is 14.8 Å². The number of alkyl halides is 3. The number of hydrogen-bond acceptors (Lipinski definition) is 6. The van der Waals surface area contributed by atoms with Crippen LogP contribution in [-0.4, -0.2) is 36.7 Å². The van der Waals surface area contributed by atoms with E-state index in [-0.39, 0.29) is 15.6 Å². The minimum atomic E-state index is -5.08. The first-order valence-corrected chi connectivity index (χ1v) is 14.5. The molecule has 0 bridgehead atoms. The summed E-state index contributed by atoms with van der Waals surface area (Å²) >= 11 is 7.30. The summed E-state index contributed by atoms with van der Waals surface area (Å²) < 4.78 is 74.4. The summed E-state index contributed by atoms with van der Waals surface area (Å²) in [5, 5.41) is 11.7. The lowest BCUT2D eigenvalue weighted by Gasteiger charge is -2.22. The van der Waals surface area contributed by atoms with Gasteiger partial charge in [0.25, 0.3) is 10.0 Å². The van der Waals surface area contributed by atoms with E-state index in [1.54, 1.807) is 19.1 Å². The molecule has 0 aliphatic heterocycles. The Kier molecular flexibility index (Phi) is 9.83. The molecule has 212 valence electrons. The van der Waals surface area contributed by atoms with Gasteiger partial charge in [-0.1, -0.05) is 54.3 Å². The summed E-state index contributed by atoms with van der Waals surface area (Å²) in [6.45, 7) is 3.64. The average Bonchev–Trinajstić information content (AvgIpc) is 3.21. The average molecular weight is 608 g/mol. The highest BCUT2D eigenvalue weighted by atomic mass is 35.5. The van der Waals surface area contributed by atoms with Gasteiger partial charge in [0.1, 0.15) is 5.82 Å². The number of benzene rings is 2. The number of carbonyl (C=O) groups is 1. The molecule has 1 fully saturated rings. The lowest BCUT2D eigenvalue weighted by Crippen LogP contribution is -2.21. The molecule has 0 unspecified atom stereocenters. The van der Waals surface area contributed by atoms with E-state index in [1.807, 2.05) is 13.0 Å². The van der Waals surface area contributed by atoms with Crippen LogP contribution >= 0.6 is 22.9 Å². The molecule has 1 aromatic heterocycles. The molecule has 0 radical (unpaired) electrons. The van der Waals surface area contributed by atoms with Crippen molar-refractivity contribution in [1.29, 1.82) is 0 Å². The summed E-state index contributed by atoms with van der Waals surface area (Å²) in [4.78, 5) is 14.6. The van der Waals surface area contributed by atoms with Crippen molar-refractivity contribution in [2.45, 2.75) is 63.1 Å². The van der Waals surface area contributed by atoms with Crippen LogP contribution in [0.15, 0.2) is 41.3 Å². The molecule has 3 N–H and O–H groups in total. The number of aliphatic carboxylic acids is 1. The normalized spacial score (nSPS) is 14.3. The smallest absolute Gasteiger partial charge is 0.475 e. The van der Waals surface area contributed by atoms with Crippen LogP contribution in [0.1, 0.15) is 43.4 Å². The standard InChI is InChI=1S/C23H25ClFN3O2S2.C2HF3O2/c1-14-8-9-16(22-15(2)26-23(31-22)27-18-6-4-3-5-7-18)12-21(14)32(29,30)28-20-11-10-17(24)13-19(20)25;3-2(4,5)1(6)7/h8-13,18,28H,3-7H2,1-2H3,(H,26,27);(H,6,7). The summed E-state index contributed by atoms with van der Waals surface area (Å²) in [5.41, 5.74) is 2.03. The van der Waals surface area contributed by atoms with E-state index in [0.717, 1.165) is 40.2 Å². The van der Waals surface area contributed by atoms with Crippen LogP contribution in [0.2, 0.25) is 5.02 Å². The van der Waals surface area contributed by atoms with Crippen molar-refractivity contribution < 1.29 is 35.9 Å². The number of aryl methyl sites for hydroxylation is 2. The van der Waals surface area contributed by atoms with Crippen molar-refractivity contribution in [2.75, 3.05) is 10.0 Å². The Morgan fingerprint density at radius 3 is 2.33 bits per heavy atom. The third-order valence-corrected chi connectivity index (χ3v) is 8.77. The van der Waals surface area contributed by atoms with Crippen LogP contribution < -0.4 is 10.0 Å². The number of sulfonamides is 1. The SMILES string of the molecule is Cc1ccc(-c2sc(NC3CCCCC3)nc2C)cc1S(=O)(=O)Nc1ccc(Cl)cc1F.O=C(O)C(F)(F)F. The van der Waals surface area contributed by atoms with E-state index >= 15 is 0 Å². The largest absolute Gasteiger partial charge is 0.490 e. The molecule has 0 amide bonds. The Hall–Kier alpha value is -2.90. The predicted octanol–water partition coefficient (Wildman–Crippen LogP) is 7.40. The van der Waals surface area contributed by atoms with Crippen molar-refractivity contribution in [2.24, 2.45) is 0 Å². The Labute approximate surface area is 232 Å². The molecule has 1 aliphatic carbocycles. The van der Waals surface area contributed by atoms with Gasteiger partial charge in [-0.05, 0) is 62.1 Å². The van der Waals surface area contributed by atoms with Gasteiger partial charge in [0.15, 0.2) is 5.13 Å². The van der Waals surface area contributed by atoms with Crippen LogP contribution in [0.25, 0.3) is 10.4 Å². The summed E-state index contributed by atoms with van der Waals surface area (Å²) in [5.74, 6) is -3.49. The fraction of sp³-hybridized carbons (Fsp3) is 0.360. The molecule has 3 aromatic rings. The molecule has 4 rings (SSSR count). The van der Waals surface area contributed by atoms with E-state index in [2.05, 4.69) is 15.0 Å². The van der Waals surface area contributed by atoms with Crippen LogP contribution in [0, 0.1) is 19.7 Å². The van der Waals surface area contributed by atoms with Gasteiger partial charge < -0.3 is 10.4 Å². The van der Waals surface area contributed by atoms with E-state index in [4.69, 9.17) is 21.5 Å². The first kappa shape index (κ1) is 30.6. The Bertz CT molecular complexity index is 1440. The molecule has 1 saturated carbocycles. The van der Waals surface area contributed by atoms with Crippen molar-refractivity contribution in [3.63, 3.8) is 0 Å². The first-order chi connectivity index (χ1) is 18.2. The number of carboxylic acids is 1. The van der Waals surface area contributed by atoms with Crippen LogP contribution in [0.3, 0.4) is 0 Å². The predicted molar refractivity (Wildman–Crippen MR) is 143 cm³/mol. The van der Waals surface area contributed by atoms with Crippen molar-refractivity contribution in [1.82, 2.24) is 4.98 Å². The highest BCUT2D eigenvalue weighted by Crippen LogP contribution is 2.36. The second kappa shape index (κ2) is 12.5. The fourth-order valence-corrected chi connectivity index (χ4v) is 6.49. The van der Waals surface area contributed by atoms with Crippen LogP contribution in [0.5, 0.6) is 0 Å². The topological polar surface area (TPSA) is 108 Å². The lowest BCUT2D eigenvalue weighted by molar-refractivity contribution is -0.192. The van der Waals surface area contributed by atoms with E-state index in [9.17, 15) is 26.0 Å². The number of halogens is 5. The second-order valence-electron chi connectivity index (χ2n) is 8.93. The minimum Gasteiger partial charge on any atom is -0.475 e. The molecule has 2 aromatic carbocycles. The first-order valence-electron chi connectivity index (χ1n) is 11.8. The second-order valence-corrected chi connectivity index (χ2v) is 12.0. The Morgan fingerprint density at radius 1 is 1.10 bits per heavy atom. The van der Waals surface area contributed by atoms with Gasteiger partial charge in [0.05, 0.1) is 21.2 Å². The molecule has 14 heteroatoms. The number of hydrogen-bond donors (Lipinski definition) is 3. The number of anilines is 2. The molecule has 0 saturated heterocycles. The molecule has 1 aliphatic rings. The Morgan fingerprint density at radius 2 is 1.74 bits per heavy atom. The van der Waals surface area contributed by atoms with E-state index < -0.39 is 28.0 Å². The van der Waals surface area contributed by atoms with Crippen LogP contribution in [0.4, 0.5) is 28.4 Å². The molecular formula is C25H26ClF4N3O4S2. The number of nitrogens with one attached hydrogen (secondary N) is 2. The Balaban J connectivity index is 0.000000532. The molecular weight excluding hydrogens is 582 g/mol. The van der Waals surface area contributed by atoms with Crippen molar-refractivity contribution in [3.8, 4) is 10.4 Å². The van der Waals surface area contributed by atoms with E-state index in [0.29, 0.717) is 11.6 Å². The maximum atomic E-state index is 14.2. The lowest BCUT2D eigenvalue weighted by atomic mass is 9.96. The monoisotopic (exact) mass is 607 g/mol. The third-order valence-electron chi connectivity index (χ3n) is 5.89. The quantitative estimate of drug-likeness (QED) is 0.252. The minimum absolute atomic E-state index is 0.0962. The maximum Gasteiger partial charge on any atom is 0.490 e. The van der Waals surface area contributed by atoms with Gasteiger partial charge in [0, 0.05) is 11.1 Å². The fourth-order valence-electron chi connectivity index (χ4n) is 3.95. The summed E-state index contributed by atoms with van der Waals surface area (Å²) in [6.07, 6.45) is 0.959.